The maximum Gasteiger partial charge on any atom is 0.223 e. The van der Waals surface area contributed by atoms with Gasteiger partial charge in [0.1, 0.15) is 5.82 Å². The number of nitrogens with zero attached hydrogens (tertiary/aromatic N) is 1. The summed E-state index contributed by atoms with van der Waals surface area (Å²) in [5, 5.41) is 12.4. The van der Waals surface area contributed by atoms with Crippen LogP contribution in [0.3, 0.4) is 0 Å². The second-order valence-corrected chi connectivity index (χ2v) is 6.96. The lowest BCUT2D eigenvalue weighted by molar-refractivity contribution is -0.133. The topological polar surface area (TPSA) is 40.5 Å². The number of amides is 1. The van der Waals surface area contributed by atoms with E-state index in [4.69, 9.17) is 0 Å². The fourth-order valence-electron chi connectivity index (χ4n) is 2.65. The SMILES string of the molecule is O=C(CCc1cccs1)N(CC(O)c1ccc(F)cc1)C1CC1. The monoisotopic (exact) mass is 333 g/mol. The summed E-state index contributed by atoms with van der Waals surface area (Å²) < 4.78 is 13.0. The molecule has 1 amide bonds. The van der Waals surface area contributed by atoms with Crippen LogP contribution in [0, 0.1) is 5.82 Å². The van der Waals surface area contributed by atoms with E-state index >= 15 is 0 Å². The first-order chi connectivity index (χ1) is 11.1. The van der Waals surface area contributed by atoms with Crippen LogP contribution in [-0.2, 0) is 11.2 Å². The highest BCUT2D eigenvalue weighted by molar-refractivity contribution is 7.09. The van der Waals surface area contributed by atoms with E-state index in [1.165, 1.54) is 17.0 Å². The van der Waals surface area contributed by atoms with Crippen LogP contribution in [0.15, 0.2) is 41.8 Å². The van der Waals surface area contributed by atoms with Gasteiger partial charge >= 0.3 is 0 Å². The highest BCUT2D eigenvalue weighted by Crippen LogP contribution is 2.30. The Balaban J connectivity index is 1.59. The summed E-state index contributed by atoms with van der Waals surface area (Å²) >= 11 is 1.66. The maximum absolute atomic E-state index is 13.0. The molecule has 122 valence electrons. The molecule has 23 heavy (non-hydrogen) atoms. The zero-order valence-corrected chi connectivity index (χ0v) is 13.6. The minimum absolute atomic E-state index is 0.0852. The quantitative estimate of drug-likeness (QED) is 0.842. The number of thiophene rings is 1. The van der Waals surface area contributed by atoms with Crippen molar-refractivity contribution < 1.29 is 14.3 Å². The summed E-state index contributed by atoms with van der Waals surface area (Å²) in [6.07, 6.45) is 2.43. The van der Waals surface area contributed by atoms with Gasteiger partial charge in [-0.05, 0) is 48.4 Å². The summed E-state index contributed by atoms with van der Waals surface area (Å²) in [7, 11) is 0. The van der Waals surface area contributed by atoms with Gasteiger partial charge in [-0.25, -0.2) is 4.39 Å². The van der Waals surface area contributed by atoms with Crippen LogP contribution in [0.25, 0.3) is 0 Å². The zero-order valence-electron chi connectivity index (χ0n) is 12.8. The summed E-state index contributed by atoms with van der Waals surface area (Å²) in [6, 6.07) is 10.1. The first-order valence-corrected chi connectivity index (χ1v) is 8.77. The molecule has 1 N–H and O–H groups in total. The molecule has 0 bridgehead atoms. The highest BCUT2D eigenvalue weighted by Gasteiger charge is 2.33. The molecule has 1 aromatic heterocycles. The summed E-state index contributed by atoms with van der Waals surface area (Å²) in [5.74, 6) is -0.242. The Morgan fingerprint density at radius 2 is 2.04 bits per heavy atom. The largest absolute Gasteiger partial charge is 0.387 e. The minimum Gasteiger partial charge on any atom is -0.387 e. The Hall–Kier alpha value is -1.72. The molecule has 1 fully saturated rings. The predicted octanol–water partition coefficient (Wildman–Crippen LogP) is 3.54. The summed E-state index contributed by atoms with van der Waals surface area (Å²) in [6.45, 7) is 0.277. The number of rotatable bonds is 7. The predicted molar refractivity (Wildman–Crippen MR) is 88.7 cm³/mol. The van der Waals surface area contributed by atoms with E-state index in [2.05, 4.69) is 0 Å². The van der Waals surface area contributed by atoms with Crippen molar-refractivity contribution in [1.29, 1.82) is 0 Å². The van der Waals surface area contributed by atoms with Gasteiger partial charge in [0.15, 0.2) is 0 Å². The molecule has 0 aliphatic heterocycles. The molecule has 5 heteroatoms. The van der Waals surface area contributed by atoms with Gasteiger partial charge < -0.3 is 10.0 Å². The van der Waals surface area contributed by atoms with Crippen LogP contribution in [0.2, 0.25) is 0 Å². The standard InChI is InChI=1S/C18H20FNO2S/c19-14-5-3-13(4-6-14)17(21)12-20(15-7-8-15)18(22)10-9-16-2-1-11-23-16/h1-6,11,15,17,21H,7-10,12H2. The Bertz CT molecular complexity index is 638. The normalized spacial score (nSPS) is 15.4. The number of aliphatic hydroxyl groups excluding tert-OH is 1. The average Bonchev–Trinajstić information content (AvgIpc) is 3.26. The smallest absolute Gasteiger partial charge is 0.223 e. The first kappa shape index (κ1) is 16.1. The third-order valence-electron chi connectivity index (χ3n) is 4.10. The van der Waals surface area contributed by atoms with Gasteiger partial charge in [0.25, 0.3) is 0 Å². The lowest BCUT2D eigenvalue weighted by Gasteiger charge is -2.25. The molecular weight excluding hydrogens is 313 g/mol. The number of halogens is 1. The van der Waals surface area contributed by atoms with Gasteiger partial charge in [-0.15, -0.1) is 11.3 Å². The Morgan fingerprint density at radius 3 is 2.65 bits per heavy atom. The molecule has 1 aromatic carbocycles. The van der Waals surface area contributed by atoms with Crippen LogP contribution in [0.1, 0.15) is 35.8 Å². The maximum atomic E-state index is 13.0. The van der Waals surface area contributed by atoms with E-state index in [1.54, 1.807) is 28.4 Å². The van der Waals surface area contributed by atoms with E-state index in [1.807, 2.05) is 17.5 Å². The Kier molecular flexibility index (Phi) is 5.08. The van der Waals surface area contributed by atoms with Gasteiger partial charge in [-0.2, -0.15) is 0 Å². The fourth-order valence-corrected chi connectivity index (χ4v) is 3.35. The van der Waals surface area contributed by atoms with Gasteiger partial charge in [0.2, 0.25) is 5.91 Å². The number of hydrogen-bond acceptors (Lipinski definition) is 3. The fraction of sp³-hybridized carbons (Fsp3) is 0.389. The second-order valence-electron chi connectivity index (χ2n) is 5.92. The molecule has 1 aliphatic carbocycles. The summed E-state index contributed by atoms with van der Waals surface area (Å²) in [4.78, 5) is 15.5. The van der Waals surface area contributed by atoms with E-state index in [9.17, 15) is 14.3 Å². The number of carbonyl (C=O) groups excluding carboxylic acids is 1. The molecule has 1 atom stereocenters. The van der Waals surface area contributed by atoms with Gasteiger partial charge in [-0.1, -0.05) is 18.2 Å². The van der Waals surface area contributed by atoms with Gasteiger partial charge in [-0.3, -0.25) is 4.79 Å². The molecule has 0 radical (unpaired) electrons. The van der Waals surface area contributed by atoms with Crippen molar-refractivity contribution in [3.8, 4) is 0 Å². The van der Waals surface area contributed by atoms with Crippen molar-refractivity contribution in [2.24, 2.45) is 0 Å². The molecule has 3 nitrogen and oxygen atoms in total. The van der Waals surface area contributed by atoms with E-state index in [0.717, 1.165) is 19.3 Å². The Labute approximate surface area is 139 Å². The van der Waals surface area contributed by atoms with E-state index < -0.39 is 6.10 Å². The van der Waals surface area contributed by atoms with Crippen molar-refractivity contribution in [2.45, 2.75) is 37.8 Å². The van der Waals surface area contributed by atoms with Crippen LogP contribution in [-0.4, -0.2) is 28.5 Å². The lowest BCUT2D eigenvalue weighted by Crippen LogP contribution is -2.36. The number of benzene rings is 1. The highest BCUT2D eigenvalue weighted by atomic mass is 32.1. The molecule has 1 aliphatic rings. The van der Waals surface area contributed by atoms with Gasteiger partial charge in [0.05, 0.1) is 12.6 Å². The number of carbonyl (C=O) groups is 1. The van der Waals surface area contributed by atoms with Crippen LogP contribution >= 0.6 is 11.3 Å². The lowest BCUT2D eigenvalue weighted by atomic mass is 10.1. The number of aryl methyl sites for hydroxylation is 1. The number of hydrogen-bond donors (Lipinski definition) is 1. The average molecular weight is 333 g/mol. The molecule has 2 aromatic rings. The molecule has 1 saturated carbocycles. The Morgan fingerprint density at radius 1 is 1.30 bits per heavy atom. The minimum atomic E-state index is -0.776. The molecule has 1 unspecified atom stereocenters. The van der Waals surface area contributed by atoms with Crippen molar-refractivity contribution in [3.63, 3.8) is 0 Å². The first-order valence-electron chi connectivity index (χ1n) is 7.89. The summed E-state index contributed by atoms with van der Waals surface area (Å²) in [5.41, 5.74) is 0.642. The van der Waals surface area contributed by atoms with Crippen LogP contribution < -0.4 is 0 Å². The second kappa shape index (κ2) is 7.23. The molecule has 1 heterocycles. The molecule has 0 spiro atoms. The van der Waals surface area contributed by atoms with Crippen molar-refractivity contribution in [2.75, 3.05) is 6.54 Å². The van der Waals surface area contributed by atoms with Crippen LogP contribution in [0.4, 0.5) is 4.39 Å². The molecular formula is C18H20FNO2S. The third kappa shape index (κ3) is 4.39. The van der Waals surface area contributed by atoms with Gasteiger partial charge in [0, 0.05) is 17.3 Å². The van der Waals surface area contributed by atoms with Crippen LogP contribution in [0.5, 0.6) is 0 Å². The number of aliphatic hydroxyl groups is 1. The molecule has 3 rings (SSSR count). The van der Waals surface area contributed by atoms with Crippen molar-refractivity contribution in [1.82, 2.24) is 4.90 Å². The zero-order chi connectivity index (χ0) is 16.2. The van der Waals surface area contributed by atoms with E-state index in [-0.39, 0.29) is 24.3 Å². The van der Waals surface area contributed by atoms with Crippen molar-refractivity contribution in [3.05, 3.63) is 58.0 Å². The van der Waals surface area contributed by atoms with E-state index in [0.29, 0.717) is 12.0 Å². The van der Waals surface area contributed by atoms with Crippen molar-refractivity contribution >= 4 is 17.2 Å². The molecule has 0 saturated heterocycles. The third-order valence-corrected chi connectivity index (χ3v) is 5.03.